The van der Waals surface area contributed by atoms with Gasteiger partial charge in [-0.3, -0.25) is 9.59 Å². The van der Waals surface area contributed by atoms with E-state index in [1.807, 2.05) is 72.8 Å². The van der Waals surface area contributed by atoms with Crippen LogP contribution in [0.3, 0.4) is 0 Å². The number of carbonyl (C=O) groups excluding carboxylic acids is 3. The highest BCUT2D eigenvalue weighted by Gasteiger charge is 2.29. The monoisotopic (exact) mass is 585 g/mol. The Kier molecular flexibility index (Phi) is 12.6. The molecule has 2 atom stereocenters. The lowest BCUT2D eigenvalue weighted by Crippen LogP contribution is -2.56. The Labute approximate surface area is 253 Å². The van der Waals surface area contributed by atoms with Crippen LogP contribution in [0.15, 0.2) is 84.9 Å². The average molecular weight is 586 g/mol. The first-order chi connectivity index (χ1) is 20.6. The number of amides is 3. The highest BCUT2D eigenvalue weighted by atomic mass is 16.6. The highest BCUT2D eigenvalue weighted by Crippen LogP contribution is 2.16. The SMILES string of the molecule is C#CCNC(=O)[C@H](COCc1ccccc1)NC(=O)[C@H](Cc1ccc(OCc2ccccc2)cc1)NC(=O)OC(C)(C)C. The predicted molar refractivity (Wildman–Crippen MR) is 164 cm³/mol. The van der Waals surface area contributed by atoms with Crippen molar-refractivity contribution in [2.75, 3.05) is 13.2 Å². The summed E-state index contributed by atoms with van der Waals surface area (Å²) in [6.07, 6.45) is 4.67. The Morgan fingerprint density at radius 3 is 1.95 bits per heavy atom. The number of nitrogens with one attached hydrogen (secondary N) is 3. The number of benzene rings is 3. The van der Waals surface area contributed by atoms with Crippen molar-refractivity contribution in [3.63, 3.8) is 0 Å². The van der Waals surface area contributed by atoms with Crippen LogP contribution < -0.4 is 20.7 Å². The van der Waals surface area contributed by atoms with E-state index < -0.39 is 35.6 Å². The van der Waals surface area contributed by atoms with E-state index in [0.29, 0.717) is 12.4 Å². The summed E-state index contributed by atoms with van der Waals surface area (Å²) < 4.78 is 17.0. The molecule has 0 aromatic heterocycles. The van der Waals surface area contributed by atoms with Crippen LogP contribution in [-0.2, 0) is 38.7 Å². The molecule has 0 radical (unpaired) electrons. The number of hydrogen-bond donors (Lipinski definition) is 3. The molecule has 3 aromatic carbocycles. The van der Waals surface area contributed by atoms with Crippen LogP contribution in [0.1, 0.15) is 37.5 Å². The van der Waals surface area contributed by atoms with Gasteiger partial charge in [-0.25, -0.2) is 4.79 Å². The quantitative estimate of drug-likeness (QED) is 0.245. The molecule has 9 nitrogen and oxygen atoms in total. The van der Waals surface area contributed by atoms with Gasteiger partial charge in [0.15, 0.2) is 0 Å². The van der Waals surface area contributed by atoms with Gasteiger partial charge in [0.25, 0.3) is 0 Å². The Morgan fingerprint density at radius 2 is 1.37 bits per heavy atom. The van der Waals surface area contributed by atoms with E-state index in [2.05, 4.69) is 21.9 Å². The van der Waals surface area contributed by atoms with Crippen molar-refractivity contribution in [3.8, 4) is 18.1 Å². The molecule has 0 aliphatic carbocycles. The lowest BCUT2D eigenvalue weighted by Gasteiger charge is -2.25. The minimum atomic E-state index is -1.05. The summed E-state index contributed by atoms with van der Waals surface area (Å²) in [5.41, 5.74) is 1.94. The summed E-state index contributed by atoms with van der Waals surface area (Å²) in [6.45, 7) is 5.73. The van der Waals surface area contributed by atoms with Crippen molar-refractivity contribution < 1.29 is 28.6 Å². The fraction of sp³-hybridized carbons (Fsp3) is 0.324. The van der Waals surface area contributed by atoms with Gasteiger partial charge in [0, 0.05) is 6.42 Å². The molecule has 0 saturated carbocycles. The smallest absolute Gasteiger partial charge is 0.408 e. The molecule has 43 heavy (non-hydrogen) atoms. The van der Waals surface area contributed by atoms with E-state index in [-0.39, 0.29) is 26.2 Å². The van der Waals surface area contributed by atoms with Crippen molar-refractivity contribution in [3.05, 3.63) is 102 Å². The van der Waals surface area contributed by atoms with Crippen LogP contribution in [0.2, 0.25) is 0 Å². The number of hydrogen-bond acceptors (Lipinski definition) is 6. The first kappa shape index (κ1) is 32.7. The van der Waals surface area contributed by atoms with Gasteiger partial charge in [-0.05, 0) is 49.6 Å². The molecular formula is C34H39N3O6. The van der Waals surface area contributed by atoms with Crippen molar-refractivity contribution >= 4 is 17.9 Å². The molecule has 0 unspecified atom stereocenters. The third kappa shape index (κ3) is 12.3. The molecule has 0 aliphatic rings. The standard InChI is InChI=1S/C34H39N3O6/c1-5-20-35-31(38)30(24-41-22-26-12-8-6-9-13-26)36-32(39)29(37-33(40)43-34(2,3)4)21-25-16-18-28(19-17-25)42-23-27-14-10-7-11-15-27/h1,6-19,29-30H,20-24H2,2-4H3,(H,35,38)(H,36,39)(H,37,40)/t29-,30-/m0/s1. The molecular weight excluding hydrogens is 546 g/mol. The molecule has 226 valence electrons. The Hall–Kier alpha value is -4.81. The Morgan fingerprint density at radius 1 is 0.767 bits per heavy atom. The normalized spacial score (nSPS) is 12.2. The summed E-state index contributed by atoms with van der Waals surface area (Å²) in [6, 6.07) is 24.4. The van der Waals surface area contributed by atoms with Gasteiger partial charge >= 0.3 is 6.09 Å². The number of alkyl carbamates (subject to hydrolysis) is 1. The maximum absolute atomic E-state index is 13.5. The highest BCUT2D eigenvalue weighted by molar-refractivity contribution is 5.91. The van der Waals surface area contributed by atoms with E-state index in [9.17, 15) is 14.4 Å². The van der Waals surface area contributed by atoms with Gasteiger partial charge in [0.1, 0.15) is 30.0 Å². The summed E-state index contributed by atoms with van der Waals surface area (Å²) >= 11 is 0. The van der Waals surface area contributed by atoms with Crippen LogP contribution >= 0.6 is 0 Å². The van der Waals surface area contributed by atoms with Gasteiger partial charge in [0.2, 0.25) is 11.8 Å². The molecule has 3 N–H and O–H groups in total. The van der Waals surface area contributed by atoms with E-state index in [0.717, 1.165) is 16.7 Å². The van der Waals surface area contributed by atoms with Gasteiger partial charge in [-0.1, -0.05) is 78.7 Å². The van der Waals surface area contributed by atoms with Gasteiger partial charge in [-0.2, -0.15) is 0 Å². The van der Waals surface area contributed by atoms with Gasteiger partial charge < -0.3 is 30.2 Å². The van der Waals surface area contributed by atoms with E-state index in [4.69, 9.17) is 20.6 Å². The third-order valence-corrected chi connectivity index (χ3v) is 6.01. The molecule has 0 spiro atoms. The van der Waals surface area contributed by atoms with E-state index in [1.54, 1.807) is 32.9 Å². The Balaban J connectivity index is 1.70. The second-order valence-electron chi connectivity index (χ2n) is 10.8. The summed E-state index contributed by atoms with van der Waals surface area (Å²) in [5, 5.41) is 7.94. The van der Waals surface area contributed by atoms with Crippen molar-refractivity contribution in [1.82, 2.24) is 16.0 Å². The number of rotatable bonds is 14. The molecule has 3 rings (SSSR count). The third-order valence-electron chi connectivity index (χ3n) is 6.01. The second-order valence-corrected chi connectivity index (χ2v) is 10.8. The summed E-state index contributed by atoms with van der Waals surface area (Å²) in [4.78, 5) is 39.0. The molecule has 3 amide bonds. The van der Waals surface area contributed by atoms with Crippen molar-refractivity contribution in [2.24, 2.45) is 0 Å². The topological polar surface area (TPSA) is 115 Å². The molecule has 0 aliphatic heterocycles. The lowest BCUT2D eigenvalue weighted by molar-refractivity contribution is -0.131. The molecule has 3 aromatic rings. The van der Waals surface area contributed by atoms with Gasteiger partial charge in [-0.15, -0.1) is 6.42 Å². The minimum Gasteiger partial charge on any atom is -0.489 e. The fourth-order valence-corrected chi connectivity index (χ4v) is 3.94. The van der Waals surface area contributed by atoms with Crippen molar-refractivity contribution in [2.45, 2.75) is 58.1 Å². The molecule has 9 heteroatoms. The average Bonchev–Trinajstić information content (AvgIpc) is 2.98. The van der Waals surface area contributed by atoms with Crippen LogP contribution in [0, 0.1) is 12.3 Å². The number of carbonyl (C=O) groups is 3. The maximum atomic E-state index is 13.5. The first-order valence-corrected chi connectivity index (χ1v) is 14.0. The molecule has 0 saturated heterocycles. The fourth-order valence-electron chi connectivity index (χ4n) is 3.94. The largest absolute Gasteiger partial charge is 0.489 e. The zero-order valence-corrected chi connectivity index (χ0v) is 24.8. The lowest BCUT2D eigenvalue weighted by atomic mass is 10.0. The number of ether oxygens (including phenoxy) is 3. The molecule has 0 heterocycles. The van der Waals surface area contributed by atoms with E-state index in [1.165, 1.54) is 0 Å². The van der Waals surface area contributed by atoms with E-state index >= 15 is 0 Å². The predicted octanol–water partition coefficient (Wildman–Crippen LogP) is 4.15. The maximum Gasteiger partial charge on any atom is 0.408 e. The zero-order valence-electron chi connectivity index (χ0n) is 24.8. The Bertz CT molecular complexity index is 1350. The first-order valence-electron chi connectivity index (χ1n) is 14.0. The molecule has 0 bridgehead atoms. The summed E-state index contributed by atoms with van der Waals surface area (Å²) in [7, 11) is 0. The van der Waals surface area contributed by atoms with Crippen molar-refractivity contribution in [1.29, 1.82) is 0 Å². The zero-order chi connectivity index (χ0) is 31.1. The van der Waals surface area contributed by atoms with Gasteiger partial charge in [0.05, 0.1) is 19.8 Å². The van der Waals surface area contributed by atoms with Crippen LogP contribution in [0.5, 0.6) is 5.75 Å². The van der Waals surface area contributed by atoms with Crippen LogP contribution in [0.4, 0.5) is 4.79 Å². The summed E-state index contributed by atoms with van der Waals surface area (Å²) in [5.74, 6) is 1.92. The minimum absolute atomic E-state index is 0.0117. The van der Waals surface area contributed by atoms with Crippen LogP contribution in [-0.4, -0.2) is 48.7 Å². The van der Waals surface area contributed by atoms with Crippen LogP contribution in [0.25, 0.3) is 0 Å². The molecule has 0 fully saturated rings. The second kappa shape index (κ2) is 16.6. The number of terminal acetylenes is 1.